The molecule has 0 saturated carbocycles. The van der Waals surface area contributed by atoms with Gasteiger partial charge in [-0.3, -0.25) is 14.5 Å². The molecule has 6 nitrogen and oxygen atoms in total. The maximum atomic E-state index is 13.3. The van der Waals surface area contributed by atoms with E-state index in [0.717, 1.165) is 12.8 Å². The molecule has 1 spiro atoms. The summed E-state index contributed by atoms with van der Waals surface area (Å²) >= 11 is 0. The monoisotopic (exact) mass is 373 g/mol. The Kier molecular flexibility index (Phi) is 4.40. The first-order valence-corrected chi connectivity index (χ1v) is 9.57. The molecule has 0 aliphatic carbocycles. The SMILES string of the molecule is CCN1C(=O)C2CC3(CCN(C(=O)Cc4cccc(F)c4)CC3)CN2C1=O. The number of amides is 4. The number of carbonyl (C=O) groups is 3. The van der Waals surface area contributed by atoms with E-state index in [0.29, 0.717) is 38.2 Å². The lowest BCUT2D eigenvalue weighted by molar-refractivity contribution is -0.133. The van der Waals surface area contributed by atoms with Gasteiger partial charge in [-0.05, 0) is 49.3 Å². The number of fused-ring (bicyclic) bond motifs is 1. The topological polar surface area (TPSA) is 60.9 Å². The van der Waals surface area contributed by atoms with Gasteiger partial charge >= 0.3 is 6.03 Å². The Morgan fingerprint density at radius 2 is 2.00 bits per heavy atom. The Balaban J connectivity index is 1.36. The van der Waals surface area contributed by atoms with Gasteiger partial charge in [0.2, 0.25) is 5.91 Å². The van der Waals surface area contributed by atoms with Gasteiger partial charge in [-0.2, -0.15) is 0 Å². The minimum Gasteiger partial charge on any atom is -0.342 e. The molecule has 3 aliphatic heterocycles. The third-order valence-electron chi connectivity index (χ3n) is 6.27. The van der Waals surface area contributed by atoms with Crippen LogP contribution in [0.1, 0.15) is 31.7 Å². The Hall–Kier alpha value is -2.44. The number of hydrogen-bond donors (Lipinski definition) is 0. The number of carbonyl (C=O) groups excluding carboxylic acids is 3. The van der Waals surface area contributed by atoms with Crippen LogP contribution >= 0.6 is 0 Å². The first-order valence-electron chi connectivity index (χ1n) is 9.57. The van der Waals surface area contributed by atoms with Gasteiger partial charge < -0.3 is 9.80 Å². The van der Waals surface area contributed by atoms with E-state index in [1.165, 1.54) is 17.0 Å². The second-order valence-electron chi connectivity index (χ2n) is 7.90. The molecular weight excluding hydrogens is 349 g/mol. The molecule has 0 N–H and O–H groups in total. The van der Waals surface area contributed by atoms with Gasteiger partial charge in [0.25, 0.3) is 5.91 Å². The lowest BCUT2D eigenvalue weighted by Crippen LogP contribution is -2.46. The Morgan fingerprint density at radius 1 is 1.26 bits per heavy atom. The molecule has 1 unspecified atom stereocenters. The van der Waals surface area contributed by atoms with E-state index >= 15 is 0 Å². The van der Waals surface area contributed by atoms with Crippen LogP contribution < -0.4 is 0 Å². The first-order chi connectivity index (χ1) is 12.9. The van der Waals surface area contributed by atoms with Crippen LogP contribution in [0.3, 0.4) is 0 Å². The third-order valence-corrected chi connectivity index (χ3v) is 6.27. The van der Waals surface area contributed by atoms with Crippen LogP contribution in [0.2, 0.25) is 0 Å². The summed E-state index contributed by atoms with van der Waals surface area (Å²) in [5.74, 6) is -0.415. The molecule has 4 amide bonds. The number of benzene rings is 1. The summed E-state index contributed by atoms with van der Waals surface area (Å²) in [6.45, 7) is 4.07. The molecule has 4 rings (SSSR count). The number of imide groups is 1. The van der Waals surface area contributed by atoms with Crippen molar-refractivity contribution in [3.8, 4) is 0 Å². The van der Waals surface area contributed by atoms with E-state index in [-0.39, 0.29) is 41.5 Å². The largest absolute Gasteiger partial charge is 0.342 e. The van der Waals surface area contributed by atoms with Gasteiger partial charge in [0.1, 0.15) is 11.9 Å². The summed E-state index contributed by atoms with van der Waals surface area (Å²) in [5, 5.41) is 0. The van der Waals surface area contributed by atoms with Crippen molar-refractivity contribution < 1.29 is 18.8 Å². The summed E-state index contributed by atoms with van der Waals surface area (Å²) < 4.78 is 13.3. The van der Waals surface area contributed by atoms with E-state index in [2.05, 4.69) is 0 Å². The summed E-state index contributed by atoms with van der Waals surface area (Å²) in [4.78, 5) is 42.2. The van der Waals surface area contributed by atoms with Crippen LogP contribution in [0.4, 0.5) is 9.18 Å². The molecule has 3 fully saturated rings. The second-order valence-corrected chi connectivity index (χ2v) is 7.90. The van der Waals surface area contributed by atoms with Crippen molar-refractivity contribution >= 4 is 17.8 Å². The van der Waals surface area contributed by atoms with E-state index in [1.807, 2.05) is 11.8 Å². The third kappa shape index (κ3) is 3.09. The zero-order valence-corrected chi connectivity index (χ0v) is 15.5. The summed E-state index contributed by atoms with van der Waals surface area (Å²) in [6.07, 6.45) is 2.48. The zero-order valence-electron chi connectivity index (χ0n) is 15.5. The van der Waals surface area contributed by atoms with Crippen molar-refractivity contribution in [2.45, 2.75) is 38.6 Å². The van der Waals surface area contributed by atoms with Gasteiger partial charge in [0.15, 0.2) is 0 Å². The minimum atomic E-state index is -0.333. The highest BCUT2D eigenvalue weighted by Gasteiger charge is 2.56. The molecule has 3 aliphatic rings. The van der Waals surface area contributed by atoms with Gasteiger partial charge in [-0.1, -0.05) is 12.1 Å². The first kappa shape index (κ1) is 17.9. The van der Waals surface area contributed by atoms with E-state index in [1.54, 1.807) is 17.0 Å². The standard InChI is InChI=1S/C20H24FN3O3/c1-2-23-18(26)16-12-20(13-24(16)19(23)27)6-8-22(9-7-20)17(25)11-14-4-3-5-15(21)10-14/h3-5,10,16H,2,6-9,11-13H2,1H3. The highest BCUT2D eigenvalue weighted by Crippen LogP contribution is 2.46. The van der Waals surface area contributed by atoms with Crippen LogP contribution in [0.5, 0.6) is 0 Å². The number of likely N-dealkylation sites (N-methyl/N-ethyl adjacent to an activating group) is 1. The average Bonchev–Trinajstić information content (AvgIpc) is 3.11. The quantitative estimate of drug-likeness (QED) is 0.762. The van der Waals surface area contributed by atoms with E-state index in [9.17, 15) is 18.8 Å². The van der Waals surface area contributed by atoms with Crippen LogP contribution in [-0.2, 0) is 16.0 Å². The van der Waals surface area contributed by atoms with E-state index in [4.69, 9.17) is 0 Å². The Bertz CT molecular complexity index is 762. The predicted molar refractivity (Wildman–Crippen MR) is 96.2 cm³/mol. The fourth-order valence-electron chi connectivity index (χ4n) is 4.72. The molecule has 144 valence electrons. The number of rotatable bonds is 3. The van der Waals surface area contributed by atoms with Gasteiger partial charge in [-0.15, -0.1) is 0 Å². The summed E-state index contributed by atoms with van der Waals surface area (Å²) in [7, 11) is 0. The number of likely N-dealkylation sites (tertiary alicyclic amines) is 1. The number of piperidine rings is 1. The maximum absolute atomic E-state index is 13.3. The van der Waals surface area contributed by atoms with Crippen LogP contribution in [0.25, 0.3) is 0 Å². The molecule has 0 bridgehead atoms. The smallest absolute Gasteiger partial charge is 0.327 e. The lowest BCUT2D eigenvalue weighted by Gasteiger charge is -2.39. The molecule has 1 aromatic rings. The van der Waals surface area contributed by atoms with Crippen molar-refractivity contribution in [1.29, 1.82) is 0 Å². The van der Waals surface area contributed by atoms with Gasteiger partial charge in [0.05, 0.1) is 6.42 Å². The fourth-order valence-corrected chi connectivity index (χ4v) is 4.72. The number of hydrogen-bond acceptors (Lipinski definition) is 3. The van der Waals surface area contributed by atoms with Crippen molar-refractivity contribution in [1.82, 2.24) is 14.7 Å². The Morgan fingerprint density at radius 3 is 2.63 bits per heavy atom. The molecular formula is C20H24FN3O3. The normalized spacial score (nSPS) is 24.1. The lowest BCUT2D eigenvalue weighted by atomic mass is 9.76. The summed E-state index contributed by atoms with van der Waals surface area (Å²) in [5.41, 5.74) is 0.614. The van der Waals surface area contributed by atoms with Crippen molar-refractivity contribution in [2.75, 3.05) is 26.2 Å². The molecule has 0 aromatic heterocycles. The maximum Gasteiger partial charge on any atom is 0.327 e. The highest BCUT2D eigenvalue weighted by molar-refractivity contribution is 6.04. The molecule has 3 saturated heterocycles. The molecule has 1 atom stereocenters. The molecule has 0 radical (unpaired) electrons. The van der Waals surface area contributed by atoms with Crippen LogP contribution in [0, 0.1) is 11.2 Å². The van der Waals surface area contributed by atoms with Crippen molar-refractivity contribution in [3.05, 3.63) is 35.6 Å². The highest BCUT2D eigenvalue weighted by atomic mass is 19.1. The van der Waals surface area contributed by atoms with E-state index < -0.39 is 0 Å². The predicted octanol–water partition coefficient (Wildman–Crippen LogP) is 2.03. The van der Waals surface area contributed by atoms with Crippen LogP contribution in [0.15, 0.2) is 24.3 Å². The molecule has 3 heterocycles. The number of halogens is 1. The Labute approximate surface area is 157 Å². The van der Waals surface area contributed by atoms with Crippen molar-refractivity contribution in [3.63, 3.8) is 0 Å². The second kappa shape index (κ2) is 6.62. The molecule has 7 heteroatoms. The number of nitrogens with zero attached hydrogens (tertiary/aromatic N) is 3. The molecule has 1 aromatic carbocycles. The fraction of sp³-hybridized carbons (Fsp3) is 0.550. The van der Waals surface area contributed by atoms with Gasteiger partial charge in [-0.25, -0.2) is 9.18 Å². The molecule has 27 heavy (non-hydrogen) atoms. The number of urea groups is 1. The van der Waals surface area contributed by atoms with Gasteiger partial charge in [0, 0.05) is 26.2 Å². The summed E-state index contributed by atoms with van der Waals surface area (Å²) in [6, 6.07) is 5.64. The van der Waals surface area contributed by atoms with Crippen molar-refractivity contribution in [2.24, 2.45) is 5.41 Å². The zero-order chi connectivity index (χ0) is 19.2. The average molecular weight is 373 g/mol. The van der Waals surface area contributed by atoms with Crippen LogP contribution in [-0.4, -0.2) is 64.8 Å². The minimum absolute atomic E-state index is 0.00161.